The standard InChI is InChI=1S/C24H33N3O6S/c1-19(24(29)25-14-15-32-2)27(17-21-10-12-22(33-3)13-11-21)23(28)18-26(34(4,30)31)16-20-8-6-5-7-9-20/h5-13,19H,14-18H2,1-4H3,(H,25,29). The summed E-state index contributed by atoms with van der Waals surface area (Å²) in [7, 11) is -0.596. The van der Waals surface area contributed by atoms with E-state index in [2.05, 4.69) is 5.32 Å². The predicted octanol–water partition coefficient (Wildman–Crippen LogP) is 1.64. The first-order valence-corrected chi connectivity index (χ1v) is 12.7. The first-order chi connectivity index (χ1) is 16.2. The molecular weight excluding hydrogens is 458 g/mol. The summed E-state index contributed by atoms with van der Waals surface area (Å²) in [6, 6.07) is 15.3. The van der Waals surface area contributed by atoms with E-state index in [1.54, 1.807) is 62.6 Å². The number of hydrogen-bond donors (Lipinski definition) is 1. The smallest absolute Gasteiger partial charge is 0.242 e. The van der Waals surface area contributed by atoms with Crippen LogP contribution in [0.2, 0.25) is 0 Å². The molecule has 0 bridgehead atoms. The predicted molar refractivity (Wildman–Crippen MR) is 130 cm³/mol. The zero-order chi connectivity index (χ0) is 25.1. The number of ether oxygens (including phenoxy) is 2. The van der Waals surface area contributed by atoms with Crippen LogP contribution in [0.1, 0.15) is 18.1 Å². The lowest BCUT2D eigenvalue weighted by Gasteiger charge is -2.31. The van der Waals surface area contributed by atoms with Crippen molar-refractivity contribution >= 4 is 21.8 Å². The minimum atomic E-state index is -3.68. The monoisotopic (exact) mass is 491 g/mol. The molecule has 186 valence electrons. The first kappa shape index (κ1) is 27.3. The molecular formula is C24H33N3O6S. The molecule has 0 aromatic heterocycles. The Bertz CT molecular complexity index is 1030. The number of hydrogen-bond acceptors (Lipinski definition) is 6. The second kappa shape index (κ2) is 13.1. The highest BCUT2D eigenvalue weighted by molar-refractivity contribution is 7.88. The SMILES string of the molecule is COCCNC(=O)C(C)N(Cc1ccc(OC)cc1)C(=O)CN(Cc1ccccc1)S(C)(=O)=O. The molecule has 0 spiro atoms. The molecule has 0 aliphatic heterocycles. The fourth-order valence-corrected chi connectivity index (χ4v) is 3.98. The normalized spacial score (nSPS) is 12.3. The number of nitrogens with zero attached hydrogens (tertiary/aromatic N) is 2. The molecule has 0 aliphatic rings. The van der Waals surface area contributed by atoms with E-state index in [0.29, 0.717) is 18.9 Å². The van der Waals surface area contributed by atoms with Crippen molar-refractivity contribution in [3.05, 3.63) is 65.7 Å². The maximum absolute atomic E-state index is 13.4. The summed E-state index contributed by atoms with van der Waals surface area (Å²) in [5.74, 6) is -0.169. The van der Waals surface area contributed by atoms with E-state index in [1.165, 1.54) is 12.0 Å². The minimum Gasteiger partial charge on any atom is -0.497 e. The van der Waals surface area contributed by atoms with Crippen LogP contribution < -0.4 is 10.1 Å². The maximum atomic E-state index is 13.4. The van der Waals surface area contributed by atoms with Gasteiger partial charge in [-0.2, -0.15) is 4.31 Å². The summed E-state index contributed by atoms with van der Waals surface area (Å²) < 4.78 is 36.2. The number of methoxy groups -OCH3 is 2. The molecule has 9 nitrogen and oxygen atoms in total. The summed E-state index contributed by atoms with van der Waals surface area (Å²) in [6.07, 6.45) is 1.07. The molecule has 10 heteroatoms. The van der Waals surface area contributed by atoms with Gasteiger partial charge >= 0.3 is 0 Å². The van der Waals surface area contributed by atoms with E-state index in [9.17, 15) is 18.0 Å². The highest BCUT2D eigenvalue weighted by atomic mass is 32.2. The van der Waals surface area contributed by atoms with E-state index >= 15 is 0 Å². The highest BCUT2D eigenvalue weighted by Gasteiger charge is 2.29. The quantitative estimate of drug-likeness (QED) is 0.427. The average molecular weight is 492 g/mol. The van der Waals surface area contributed by atoms with E-state index in [1.807, 2.05) is 6.07 Å². The van der Waals surface area contributed by atoms with Gasteiger partial charge in [-0.3, -0.25) is 9.59 Å². The van der Waals surface area contributed by atoms with Gasteiger partial charge in [-0.15, -0.1) is 0 Å². The van der Waals surface area contributed by atoms with Gasteiger partial charge in [0.2, 0.25) is 21.8 Å². The summed E-state index contributed by atoms with van der Waals surface area (Å²) in [6.45, 7) is 2.05. The van der Waals surface area contributed by atoms with Gasteiger partial charge in [0.15, 0.2) is 0 Å². The van der Waals surface area contributed by atoms with Crippen LogP contribution in [0.15, 0.2) is 54.6 Å². The Balaban J connectivity index is 2.26. The van der Waals surface area contributed by atoms with Gasteiger partial charge in [0.05, 0.1) is 26.5 Å². The molecule has 2 aromatic carbocycles. The number of carbonyl (C=O) groups excluding carboxylic acids is 2. The fourth-order valence-electron chi connectivity index (χ4n) is 3.25. The first-order valence-electron chi connectivity index (χ1n) is 10.8. The van der Waals surface area contributed by atoms with Gasteiger partial charge in [0.25, 0.3) is 0 Å². The van der Waals surface area contributed by atoms with E-state index in [4.69, 9.17) is 9.47 Å². The molecule has 0 saturated heterocycles. The van der Waals surface area contributed by atoms with Crippen molar-refractivity contribution < 1.29 is 27.5 Å². The Morgan fingerprint density at radius 1 is 0.971 bits per heavy atom. The molecule has 0 saturated carbocycles. The number of nitrogens with one attached hydrogen (secondary N) is 1. The highest BCUT2D eigenvalue weighted by Crippen LogP contribution is 2.16. The molecule has 1 atom stereocenters. The summed E-state index contributed by atoms with van der Waals surface area (Å²) >= 11 is 0. The third-order valence-electron chi connectivity index (χ3n) is 5.27. The van der Waals surface area contributed by atoms with Crippen molar-refractivity contribution in [1.82, 2.24) is 14.5 Å². The fraction of sp³-hybridized carbons (Fsp3) is 0.417. The molecule has 0 aliphatic carbocycles. The minimum absolute atomic E-state index is 0.0518. The second-order valence-electron chi connectivity index (χ2n) is 7.85. The van der Waals surface area contributed by atoms with Crippen LogP contribution in [-0.4, -0.2) is 75.7 Å². The Morgan fingerprint density at radius 2 is 1.59 bits per heavy atom. The van der Waals surface area contributed by atoms with E-state index < -0.39 is 22.0 Å². The molecule has 1 N–H and O–H groups in total. The Morgan fingerprint density at radius 3 is 2.15 bits per heavy atom. The maximum Gasteiger partial charge on any atom is 0.242 e. The largest absolute Gasteiger partial charge is 0.497 e. The van der Waals surface area contributed by atoms with Crippen LogP contribution in [0, 0.1) is 0 Å². The van der Waals surface area contributed by atoms with Crippen molar-refractivity contribution in [1.29, 1.82) is 0 Å². The number of amides is 2. The lowest BCUT2D eigenvalue weighted by molar-refractivity contribution is -0.140. The molecule has 2 rings (SSSR count). The number of rotatable bonds is 13. The zero-order valence-corrected chi connectivity index (χ0v) is 20.9. The molecule has 2 amide bonds. The van der Waals surface area contributed by atoms with Gasteiger partial charge in [-0.05, 0) is 30.2 Å². The summed E-state index contributed by atoms with van der Waals surface area (Å²) in [5.41, 5.74) is 1.53. The van der Waals surface area contributed by atoms with Crippen LogP contribution >= 0.6 is 0 Å². The number of sulfonamides is 1. The number of benzene rings is 2. The van der Waals surface area contributed by atoms with Crippen LogP contribution in [-0.2, 0) is 37.4 Å². The summed E-state index contributed by atoms with van der Waals surface area (Å²) in [4.78, 5) is 27.5. The van der Waals surface area contributed by atoms with E-state index in [-0.39, 0.29) is 25.5 Å². The topological polar surface area (TPSA) is 105 Å². The molecule has 0 radical (unpaired) electrons. The lowest BCUT2D eigenvalue weighted by atomic mass is 10.1. The van der Waals surface area contributed by atoms with Gasteiger partial charge in [0, 0.05) is 26.7 Å². The van der Waals surface area contributed by atoms with Crippen molar-refractivity contribution in [2.75, 3.05) is 40.2 Å². The van der Waals surface area contributed by atoms with Crippen molar-refractivity contribution in [3.63, 3.8) is 0 Å². The molecule has 34 heavy (non-hydrogen) atoms. The molecule has 2 aromatic rings. The second-order valence-corrected chi connectivity index (χ2v) is 9.83. The third-order valence-corrected chi connectivity index (χ3v) is 6.46. The average Bonchev–Trinajstić information content (AvgIpc) is 2.82. The van der Waals surface area contributed by atoms with Crippen molar-refractivity contribution in [2.24, 2.45) is 0 Å². The summed E-state index contributed by atoms with van der Waals surface area (Å²) in [5, 5.41) is 2.74. The van der Waals surface area contributed by atoms with E-state index in [0.717, 1.165) is 21.7 Å². The molecule has 0 fully saturated rings. The van der Waals surface area contributed by atoms with Crippen molar-refractivity contribution in [2.45, 2.75) is 26.1 Å². The molecule has 0 heterocycles. The lowest BCUT2D eigenvalue weighted by Crippen LogP contribution is -2.51. The zero-order valence-electron chi connectivity index (χ0n) is 20.1. The number of carbonyl (C=O) groups is 2. The van der Waals surface area contributed by atoms with Crippen LogP contribution in [0.4, 0.5) is 0 Å². The van der Waals surface area contributed by atoms with Crippen LogP contribution in [0.25, 0.3) is 0 Å². The Labute approximate surface area is 201 Å². The van der Waals surface area contributed by atoms with Gasteiger partial charge < -0.3 is 19.7 Å². The van der Waals surface area contributed by atoms with Crippen molar-refractivity contribution in [3.8, 4) is 5.75 Å². The third kappa shape index (κ3) is 8.44. The van der Waals surface area contributed by atoms with Crippen LogP contribution in [0.3, 0.4) is 0 Å². The van der Waals surface area contributed by atoms with Gasteiger partial charge in [0.1, 0.15) is 11.8 Å². The Hall–Kier alpha value is -2.95. The Kier molecular flexibility index (Phi) is 10.5. The van der Waals surface area contributed by atoms with Gasteiger partial charge in [-0.25, -0.2) is 8.42 Å². The van der Waals surface area contributed by atoms with Gasteiger partial charge in [-0.1, -0.05) is 42.5 Å². The van der Waals surface area contributed by atoms with Crippen LogP contribution in [0.5, 0.6) is 5.75 Å². The molecule has 1 unspecified atom stereocenters.